The van der Waals surface area contributed by atoms with Gasteiger partial charge in [-0.1, -0.05) is 16.7 Å². The van der Waals surface area contributed by atoms with Gasteiger partial charge in [0.2, 0.25) is 0 Å². The summed E-state index contributed by atoms with van der Waals surface area (Å²) in [5.41, 5.74) is 6.22. The zero-order valence-corrected chi connectivity index (χ0v) is 12.4. The van der Waals surface area contributed by atoms with E-state index in [0.29, 0.717) is 22.1 Å². The third-order valence-corrected chi connectivity index (χ3v) is 4.12. The standard InChI is InChI=1S/C11H17N5OS2/c1-7-10(19-15-14-7)11(17)13-8-2-4-16(5-3-8)6-9(12)18/h8H,2-6H2,1H3,(H2,12,18)(H,13,17). The van der Waals surface area contributed by atoms with Crippen molar-refractivity contribution in [3.8, 4) is 0 Å². The molecule has 1 fully saturated rings. The third-order valence-electron chi connectivity index (χ3n) is 3.16. The Bertz CT molecular complexity index is 467. The molecule has 0 aliphatic carbocycles. The number of thiocarbonyl (C=S) groups is 1. The van der Waals surface area contributed by atoms with E-state index in [0.717, 1.165) is 37.5 Å². The van der Waals surface area contributed by atoms with Crippen LogP contribution in [-0.4, -0.2) is 51.1 Å². The summed E-state index contributed by atoms with van der Waals surface area (Å²) < 4.78 is 3.77. The molecular formula is C11H17N5OS2. The van der Waals surface area contributed by atoms with Crippen LogP contribution in [0.1, 0.15) is 28.2 Å². The molecule has 2 rings (SSSR count). The van der Waals surface area contributed by atoms with Crippen molar-refractivity contribution in [2.24, 2.45) is 5.73 Å². The lowest BCUT2D eigenvalue weighted by Crippen LogP contribution is -2.46. The quantitative estimate of drug-likeness (QED) is 0.779. The number of likely N-dealkylation sites (tertiary alicyclic amines) is 1. The zero-order valence-electron chi connectivity index (χ0n) is 10.8. The van der Waals surface area contributed by atoms with Gasteiger partial charge in [0.25, 0.3) is 5.91 Å². The van der Waals surface area contributed by atoms with E-state index in [9.17, 15) is 4.79 Å². The molecule has 8 heteroatoms. The lowest BCUT2D eigenvalue weighted by molar-refractivity contribution is 0.0918. The molecule has 1 amide bonds. The Hall–Kier alpha value is -1.12. The molecular weight excluding hydrogens is 282 g/mol. The number of carbonyl (C=O) groups excluding carboxylic acids is 1. The van der Waals surface area contributed by atoms with Crippen LogP contribution < -0.4 is 11.1 Å². The first-order valence-electron chi connectivity index (χ1n) is 6.16. The highest BCUT2D eigenvalue weighted by atomic mass is 32.1. The van der Waals surface area contributed by atoms with Gasteiger partial charge in [0.15, 0.2) is 0 Å². The van der Waals surface area contributed by atoms with Gasteiger partial charge >= 0.3 is 0 Å². The molecule has 1 saturated heterocycles. The van der Waals surface area contributed by atoms with Crippen molar-refractivity contribution in [2.45, 2.75) is 25.8 Å². The van der Waals surface area contributed by atoms with Crippen molar-refractivity contribution < 1.29 is 4.79 Å². The summed E-state index contributed by atoms with van der Waals surface area (Å²) >= 11 is 6.04. The van der Waals surface area contributed by atoms with E-state index < -0.39 is 0 Å². The Morgan fingerprint density at radius 2 is 2.26 bits per heavy atom. The summed E-state index contributed by atoms with van der Waals surface area (Å²) in [6.07, 6.45) is 1.83. The van der Waals surface area contributed by atoms with Gasteiger partial charge in [-0.25, -0.2) is 0 Å². The van der Waals surface area contributed by atoms with Crippen LogP contribution in [0.3, 0.4) is 0 Å². The number of hydrogen-bond acceptors (Lipinski definition) is 6. The monoisotopic (exact) mass is 299 g/mol. The highest BCUT2D eigenvalue weighted by Gasteiger charge is 2.22. The molecule has 0 aromatic carbocycles. The molecule has 0 unspecified atom stereocenters. The second-order valence-corrected chi connectivity index (χ2v) is 5.96. The minimum absolute atomic E-state index is 0.0692. The van der Waals surface area contributed by atoms with Crippen LogP contribution in [0.15, 0.2) is 0 Å². The Balaban J connectivity index is 1.81. The Morgan fingerprint density at radius 3 is 2.79 bits per heavy atom. The number of piperidine rings is 1. The van der Waals surface area contributed by atoms with Gasteiger partial charge in [0, 0.05) is 25.7 Å². The second-order valence-electron chi connectivity index (χ2n) is 4.68. The number of aryl methyl sites for hydroxylation is 1. The predicted molar refractivity (Wildman–Crippen MR) is 78.4 cm³/mol. The fourth-order valence-electron chi connectivity index (χ4n) is 2.15. The molecule has 1 aliphatic heterocycles. The molecule has 3 N–H and O–H groups in total. The van der Waals surface area contributed by atoms with Crippen LogP contribution in [0, 0.1) is 6.92 Å². The normalized spacial score (nSPS) is 17.3. The van der Waals surface area contributed by atoms with Crippen molar-refractivity contribution in [1.29, 1.82) is 0 Å². The molecule has 6 nitrogen and oxygen atoms in total. The van der Waals surface area contributed by atoms with E-state index in [2.05, 4.69) is 19.8 Å². The van der Waals surface area contributed by atoms with E-state index in [1.165, 1.54) is 0 Å². The molecule has 2 heterocycles. The van der Waals surface area contributed by atoms with Crippen molar-refractivity contribution in [3.05, 3.63) is 10.6 Å². The summed E-state index contributed by atoms with van der Waals surface area (Å²) in [5, 5.41) is 6.88. The largest absolute Gasteiger partial charge is 0.392 e. The summed E-state index contributed by atoms with van der Waals surface area (Å²) in [5.74, 6) is -0.0692. The average Bonchev–Trinajstić information content (AvgIpc) is 2.77. The maximum atomic E-state index is 12.0. The third kappa shape index (κ3) is 3.92. The number of hydrogen-bond donors (Lipinski definition) is 2. The number of rotatable bonds is 4. The Morgan fingerprint density at radius 1 is 1.58 bits per heavy atom. The molecule has 0 saturated carbocycles. The molecule has 19 heavy (non-hydrogen) atoms. The topological polar surface area (TPSA) is 84.1 Å². The molecule has 0 atom stereocenters. The first-order valence-corrected chi connectivity index (χ1v) is 7.35. The maximum absolute atomic E-state index is 12.0. The number of nitrogens with one attached hydrogen (secondary N) is 1. The van der Waals surface area contributed by atoms with Gasteiger partial charge in [-0.3, -0.25) is 9.69 Å². The van der Waals surface area contributed by atoms with Gasteiger partial charge in [-0.05, 0) is 31.3 Å². The molecule has 1 aromatic rings. The van der Waals surface area contributed by atoms with E-state index in [-0.39, 0.29) is 11.9 Å². The average molecular weight is 299 g/mol. The van der Waals surface area contributed by atoms with Crippen molar-refractivity contribution >= 4 is 34.6 Å². The molecule has 0 spiro atoms. The smallest absolute Gasteiger partial charge is 0.265 e. The molecule has 1 aromatic heterocycles. The van der Waals surface area contributed by atoms with Crippen molar-refractivity contribution in [3.63, 3.8) is 0 Å². The highest BCUT2D eigenvalue weighted by Crippen LogP contribution is 2.13. The summed E-state index contributed by atoms with van der Waals surface area (Å²) in [7, 11) is 0. The Kier molecular flexibility index (Phi) is 4.78. The SMILES string of the molecule is Cc1nnsc1C(=O)NC1CCN(CC(N)=S)CC1. The van der Waals surface area contributed by atoms with Crippen LogP contribution in [0.4, 0.5) is 0 Å². The summed E-state index contributed by atoms with van der Waals surface area (Å²) in [6.45, 7) is 4.27. The predicted octanol–water partition coefficient (Wildman–Crippen LogP) is 0.327. The van der Waals surface area contributed by atoms with E-state index in [1.54, 1.807) is 6.92 Å². The van der Waals surface area contributed by atoms with Crippen molar-refractivity contribution in [2.75, 3.05) is 19.6 Å². The summed E-state index contributed by atoms with van der Waals surface area (Å²) in [6, 6.07) is 0.205. The number of aromatic nitrogens is 2. The van der Waals surface area contributed by atoms with Crippen LogP contribution >= 0.6 is 23.8 Å². The maximum Gasteiger partial charge on any atom is 0.265 e. The first kappa shape index (κ1) is 14.3. The molecule has 104 valence electrons. The second kappa shape index (κ2) is 6.36. The fraction of sp³-hybridized carbons (Fsp3) is 0.636. The minimum atomic E-state index is -0.0692. The zero-order chi connectivity index (χ0) is 13.8. The number of carbonyl (C=O) groups is 1. The van der Waals surface area contributed by atoms with Gasteiger partial charge < -0.3 is 11.1 Å². The van der Waals surface area contributed by atoms with Crippen LogP contribution in [0.5, 0.6) is 0 Å². The minimum Gasteiger partial charge on any atom is -0.392 e. The number of nitrogens with two attached hydrogens (primary N) is 1. The van der Waals surface area contributed by atoms with E-state index in [1.807, 2.05) is 0 Å². The number of amides is 1. The van der Waals surface area contributed by atoms with Crippen LogP contribution in [0.2, 0.25) is 0 Å². The lowest BCUT2D eigenvalue weighted by atomic mass is 10.0. The Labute approximate surface area is 121 Å². The van der Waals surface area contributed by atoms with Gasteiger partial charge in [-0.15, -0.1) is 5.10 Å². The van der Waals surface area contributed by atoms with Crippen molar-refractivity contribution in [1.82, 2.24) is 19.8 Å². The highest BCUT2D eigenvalue weighted by molar-refractivity contribution is 7.80. The van der Waals surface area contributed by atoms with Gasteiger partial charge in [0.05, 0.1) is 10.7 Å². The van der Waals surface area contributed by atoms with Crippen LogP contribution in [-0.2, 0) is 0 Å². The first-order chi connectivity index (χ1) is 9.06. The van der Waals surface area contributed by atoms with Gasteiger partial charge in [0.1, 0.15) is 4.88 Å². The lowest BCUT2D eigenvalue weighted by Gasteiger charge is -2.31. The fourth-order valence-corrected chi connectivity index (χ4v) is 2.89. The van der Waals surface area contributed by atoms with Crippen LogP contribution in [0.25, 0.3) is 0 Å². The molecule has 0 radical (unpaired) electrons. The van der Waals surface area contributed by atoms with E-state index >= 15 is 0 Å². The number of nitrogens with zero attached hydrogens (tertiary/aromatic N) is 3. The molecule has 0 bridgehead atoms. The van der Waals surface area contributed by atoms with Gasteiger partial charge in [-0.2, -0.15) is 0 Å². The van der Waals surface area contributed by atoms with E-state index in [4.69, 9.17) is 18.0 Å². The summed E-state index contributed by atoms with van der Waals surface area (Å²) in [4.78, 5) is 15.4. The molecule has 1 aliphatic rings.